The molecule has 0 aliphatic rings. The second-order valence-electron chi connectivity index (χ2n) is 4.22. The molecule has 0 nitrogen and oxygen atoms in total. The summed E-state index contributed by atoms with van der Waals surface area (Å²) in [4.78, 5) is 1.58. The molecule has 13 heavy (non-hydrogen) atoms. The molecule has 0 aliphatic carbocycles. The first-order chi connectivity index (χ1) is 6.11. The maximum Gasteiger partial charge on any atom is 0.00798 e. The fourth-order valence-corrected chi connectivity index (χ4v) is 2.59. The van der Waals surface area contributed by atoms with E-state index in [-0.39, 0.29) is 0 Å². The summed E-state index contributed by atoms with van der Waals surface area (Å²) in [7, 11) is 0. The fraction of sp³-hybridized carbons (Fsp3) is 0.667. The van der Waals surface area contributed by atoms with Crippen molar-refractivity contribution in [2.24, 2.45) is 5.41 Å². The average molecular weight is 196 g/mol. The Hall–Kier alpha value is -0.300. The van der Waals surface area contributed by atoms with Crippen LogP contribution in [-0.2, 0) is 6.42 Å². The highest BCUT2D eigenvalue weighted by atomic mass is 32.1. The summed E-state index contributed by atoms with van der Waals surface area (Å²) in [5.41, 5.74) is 1.98. The molecule has 1 heterocycles. The Kier molecular flexibility index (Phi) is 3.55. The molecule has 0 N–H and O–H groups in total. The van der Waals surface area contributed by atoms with Gasteiger partial charge < -0.3 is 0 Å². The molecule has 0 spiro atoms. The summed E-state index contributed by atoms with van der Waals surface area (Å²) in [6.07, 6.45) is 3.81. The molecule has 1 aromatic heterocycles. The lowest BCUT2D eigenvalue weighted by Gasteiger charge is -2.26. The lowest BCUT2D eigenvalue weighted by molar-refractivity contribution is 0.297. The van der Waals surface area contributed by atoms with E-state index in [4.69, 9.17) is 0 Å². The third-order valence-corrected chi connectivity index (χ3v) is 4.29. The third kappa shape index (κ3) is 2.57. The molecular formula is C12H20S. The molecule has 74 valence electrons. The number of thiophene rings is 1. The molecule has 0 amide bonds. The molecular weight excluding hydrogens is 176 g/mol. The Labute approximate surface area is 86.0 Å². The van der Waals surface area contributed by atoms with Gasteiger partial charge in [0.05, 0.1) is 0 Å². The second-order valence-corrected chi connectivity index (χ2v) is 5.22. The van der Waals surface area contributed by atoms with Gasteiger partial charge in [0.25, 0.3) is 0 Å². The van der Waals surface area contributed by atoms with Crippen LogP contribution in [0.25, 0.3) is 0 Å². The first-order valence-corrected chi connectivity index (χ1v) is 6.02. The normalized spacial score (nSPS) is 12.0. The fourth-order valence-electron chi connectivity index (χ4n) is 1.47. The van der Waals surface area contributed by atoms with Crippen molar-refractivity contribution in [1.82, 2.24) is 0 Å². The zero-order valence-corrected chi connectivity index (χ0v) is 10.0. The molecule has 0 atom stereocenters. The minimum atomic E-state index is 0.510. The predicted molar refractivity (Wildman–Crippen MR) is 61.4 cm³/mol. The maximum absolute atomic E-state index is 2.40. The van der Waals surface area contributed by atoms with E-state index in [0.717, 1.165) is 0 Å². The van der Waals surface area contributed by atoms with Crippen molar-refractivity contribution in [2.75, 3.05) is 0 Å². The monoisotopic (exact) mass is 196 g/mol. The smallest absolute Gasteiger partial charge is 0.00798 e. The highest BCUT2D eigenvalue weighted by molar-refractivity contribution is 7.10. The lowest BCUT2D eigenvalue weighted by Crippen LogP contribution is -2.16. The van der Waals surface area contributed by atoms with E-state index in [0.29, 0.717) is 5.41 Å². The van der Waals surface area contributed by atoms with Gasteiger partial charge in [-0.05, 0) is 35.8 Å². The topological polar surface area (TPSA) is 0 Å². The van der Waals surface area contributed by atoms with Gasteiger partial charge >= 0.3 is 0 Å². The first-order valence-electron chi connectivity index (χ1n) is 5.14. The number of hydrogen-bond donors (Lipinski definition) is 0. The Morgan fingerprint density at radius 2 is 1.92 bits per heavy atom. The van der Waals surface area contributed by atoms with Crippen LogP contribution in [0.15, 0.2) is 11.4 Å². The SMILES string of the molecule is CCC(C)(CC)Cc1sccc1C. The Morgan fingerprint density at radius 3 is 2.31 bits per heavy atom. The first kappa shape index (κ1) is 10.8. The summed E-state index contributed by atoms with van der Waals surface area (Å²) in [6.45, 7) is 9.21. The van der Waals surface area contributed by atoms with Gasteiger partial charge in [0, 0.05) is 4.88 Å². The van der Waals surface area contributed by atoms with Crippen molar-refractivity contribution in [3.05, 3.63) is 21.9 Å². The minimum Gasteiger partial charge on any atom is -0.149 e. The molecule has 1 heteroatoms. The van der Waals surface area contributed by atoms with Crippen LogP contribution in [0.2, 0.25) is 0 Å². The van der Waals surface area contributed by atoms with Crippen LogP contribution in [0.4, 0.5) is 0 Å². The zero-order valence-electron chi connectivity index (χ0n) is 9.18. The van der Waals surface area contributed by atoms with E-state index in [1.54, 1.807) is 4.88 Å². The molecule has 0 fully saturated rings. The largest absolute Gasteiger partial charge is 0.149 e. The second kappa shape index (κ2) is 4.28. The van der Waals surface area contributed by atoms with Gasteiger partial charge in [0.15, 0.2) is 0 Å². The van der Waals surface area contributed by atoms with Crippen molar-refractivity contribution in [3.63, 3.8) is 0 Å². The van der Waals surface area contributed by atoms with Crippen molar-refractivity contribution in [1.29, 1.82) is 0 Å². The van der Waals surface area contributed by atoms with E-state index in [1.807, 2.05) is 11.3 Å². The molecule has 0 unspecified atom stereocenters. The van der Waals surface area contributed by atoms with Gasteiger partial charge in [-0.3, -0.25) is 0 Å². The van der Waals surface area contributed by atoms with Gasteiger partial charge in [-0.2, -0.15) is 0 Å². The quantitative estimate of drug-likeness (QED) is 0.668. The summed E-state index contributed by atoms with van der Waals surface area (Å²) in [5, 5.41) is 2.20. The van der Waals surface area contributed by atoms with Crippen molar-refractivity contribution in [2.45, 2.75) is 47.0 Å². The van der Waals surface area contributed by atoms with Crippen molar-refractivity contribution in [3.8, 4) is 0 Å². The van der Waals surface area contributed by atoms with E-state index in [9.17, 15) is 0 Å². The van der Waals surface area contributed by atoms with Crippen molar-refractivity contribution < 1.29 is 0 Å². The van der Waals surface area contributed by atoms with Crippen LogP contribution in [0, 0.1) is 12.3 Å². The molecule has 0 aliphatic heterocycles. The van der Waals surface area contributed by atoms with Gasteiger partial charge in [-0.15, -0.1) is 11.3 Å². The van der Waals surface area contributed by atoms with Crippen LogP contribution >= 0.6 is 11.3 Å². The third-order valence-electron chi connectivity index (χ3n) is 3.26. The molecule has 1 rings (SSSR count). The molecule has 1 aromatic rings. The molecule has 0 saturated heterocycles. The summed E-state index contributed by atoms with van der Waals surface area (Å²) < 4.78 is 0. The number of hydrogen-bond acceptors (Lipinski definition) is 1. The van der Waals surface area contributed by atoms with Crippen LogP contribution in [0.1, 0.15) is 44.1 Å². The van der Waals surface area contributed by atoms with Crippen molar-refractivity contribution >= 4 is 11.3 Å². The highest BCUT2D eigenvalue weighted by Crippen LogP contribution is 2.32. The Morgan fingerprint density at radius 1 is 1.31 bits per heavy atom. The molecule has 0 saturated carbocycles. The van der Waals surface area contributed by atoms with Gasteiger partial charge in [-0.1, -0.05) is 33.6 Å². The van der Waals surface area contributed by atoms with E-state index >= 15 is 0 Å². The predicted octanol–water partition coefficient (Wildman–Crippen LogP) is 4.43. The van der Waals surface area contributed by atoms with E-state index < -0.39 is 0 Å². The van der Waals surface area contributed by atoms with Gasteiger partial charge in [0.2, 0.25) is 0 Å². The molecule has 0 radical (unpaired) electrons. The van der Waals surface area contributed by atoms with Crippen LogP contribution < -0.4 is 0 Å². The Balaban J connectivity index is 2.73. The average Bonchev–Trinajstić information content (AvgIpc) is 2.52. The van der Waals surface area contributed by atoms with Crippen LogP contribution in [-0.4, -0.2) is 0 Å². The van der Waals surface area contributed by atoms with E-state index in [2.05, 4.69) is 39.1 Å². The van der Waals surface area contributed by atoms with E-state index in [1.165, 1.54) is 24.8 Å². The summed E-state index contributed by atoms with van der Waals surface area (Å²) in [6, 6.07) is 2.23. The summed E-state index contributed by atoms with van der Waals surface area (Å²) >= 11 is 1.91. The minimum absolute atomic E-state index is 0.510. The Bertz CT molecular complexity index is 256. The number of aryl methyl sites for hydroxylation is 1. The van der Waals surface area contributed by atoms with Crippen LogP contribution in [0.5, 0.6) is 0 Å². The van der Waals surface area contributed by atoms with Crippen LogP contribution in [0.3, 0.4) is 0 Å². The highest BCUT2D eigenvalue weighted by Gasteiger charge is 2.21. The zero-order chi connectivity index (χ0) is 9.90. The number of rotatable bonds is 4. The molecule has 0 aromatic carbocycles. The standard InChI is InChI=1S/C12H20S/c1-5-12(4,6-2)9-11-10(3)7-8-13-11/h7-8H,5-6,9H2,1-4H3. The maximum atomic E-state index is 2.40. The molecule has 0 bridgehead atoms. The van der Waals surface area contributed by atoms with Gasteiger partial charge in [-0.25, -0.2) is 0 Å². The summed E-state index contributed by atoms with van der Waals surface area (Å²) in [5.74, 6) is 0. The lowest BCUT2D eigenvalue weighted by atomic mass is 9.80. The van der Waals surface area contributed by atoms with Gasteiger partial charge in [0.1, 0.15) is 0 Å².